The highest BCUT2D eigenvalue weighted by atomic mass is 35.5. The number of nitrogens with zero attached hydrogens (tertiary/aromatic N) is 3. The number of amides is 1. The average molecular weight is 310 g/mol. The molecule has 0 saturated carbocycles. The minimum atomic E-state index is -0.247. The third kappa shape index (κ3) is 2.92. The summed E-state index contributed by atoms with van der Waals surface area (Å²) in [6, 6.07) is 9.08. The van der Waals surface area contributed by atoms with Crippen molar-refractivity contribution in [2.24, 2.45) is 0 Å². The van der Waals surface area contributed by atoms with Crippen LogP contribution in [0.15, 0.2) is 30.3 Å². The number of benzene rings is 1. The van der Waals surface area contributed by atoms with Gasteiger partial charge in [0.05, 0.1) is 5.56 Å². The van der Waals surface area contributed by atoms with E-state index in [-0.39, 0.29) is 21.8 Å². The van der Waals surface area contributed by atoms with E-state index in [1.807, 2.05) is 38.1 Å². The highest BCUT2D eigenvalue weighted by Gasteiger charge is 2.21. The summed E-state index contributed by atoms with van der Waals surface area (Å²) in [6.07, 6.45) is 0. The molecule has 0 saturated heterocycles. The summed E-state index contributed by atoms with van der Waals surface area (Å²) < 4.78 is 0. The molecular weight excluding hydrogens is 297 g/mol. The first-order valence-corrected chi connectivity index (χ1v) is 6.86. The Balaban J connectivity index is 2.45. The molecule has 0 atom stereocenters. The van der Waals surface area contributed by atoms with Crippen molar-refractivity contribution in [3.63, 3.8) is 0 Å². The molecule has 104 valence electrons. The van der Waals surface area contributed by atoms with Gasteiger partial charge in [-0.15, -0.1) is 10.2 Å². The lowest BCUT2D eigenvalue weighted by Crippen LogP contribution is -2.31. The van der Waals surface area contributed by atoms with Crippen molar-refractivity contribution >= 4 is 34.8 Å². The smallest absolute Gasteiger partial charge is 0.261 e. The number of aromatic nitrogens is 2. The monoisotopic (exact) mass is 309 g/mol. The van der Waals surface area contributed by atoms with Crippen molar-refractivity contribution in [1.29, 1.82) is 0 Å². The zero-order valence-electron chi connectivity index (χ0n) is 11.1. The molecule has 1 heterocycles. The summed E-state index contributed by atoms with van der Waals surface area (Å²) in [5, 5.41) is 7.46. The van der Waals surface area contributed by atoms with E-state index in [1.54, 1.807) is 4.90 Å². The van der Waals surface area contributed by atoms with E-state index in [9.17, 15) is 4.79 Å². The van der Waals surface area contributed by atoms with Crippen LogP contribution in [-0.4, -0.2) is 22.6 Å². The maximum absolute atomic E-state index is 12.6. The van der Waals surface area contributed by atoms with Crippen molar-refractivity contribution in [3.8, 4) is 0 Å². The van der Waals surface area contributed by atoms with Crippen LogP contribution >= 0.6 is 23.2 Å². The molecule has 1 amide bonds. The Hall–Kier alpha value is -1.65. The molecule has 0 N–H and O–H groups in total. The highest BCUT2D eigenvalue weighted by Crippen LogP contribution is 2.24. The number of rotatable bonds is 3. The van der Waals surface area contributed by atoms with Crippen molar-refractivity contribution in [2.75, 3.05) is 11.4 Å². The van der Waals surface area contributed by atoms with Gasteiger partial charge in [0.25, 0.3) is 5.91 Å². The van der Waals surface area contributed by atoms with Crippen LogP contribution in [0, 0.1) is 6.92 Å². The first-order chi connectivity index (χ1) is 9.54. The lowest BCUT2D eigenvalue weighted by Gasteiger charge is -2.23. The Bertz CT molecular complexity index is 646. The average Bonchev–Trinajstić information content (AvgIpc) is 2.44. The third-order valence-corrected chi connectivity index (χ3v) is 3.38. The van der Waals surface area contributed by atoms with Crippen LogP contribution in [0.3, 0.4) is 0 Å². The van der Waals surface area contributed by atoms with E-state index in [0.717, 1.165) is 11.3 Å². The van der Waals surface area contributed by atoms with Gasteiger partial charge in [-0.25, -0.2) is 0 Å². The van der Waals surface area contributed by atoms with Gasteiger partial charge in [-0.2, -0.15) is 0 Å². The number of hydrogen-bond donors (Lipinski definition) is 0. The normalized spacial score (nSPS) is 10.4. The van der Waals surface area contributed by atoms with Crippen LogP contribution in [0.25, 0.3) is 0 Å². The first-order valence-electron chi connectivity index (χ1n) is 6.10. The van der Waals surface area contributed by atoms with Crippen LogP contribution < -0.4 is 4.90 Å². The minimum Gasteiger partial charge on any atom is -0.308 e. The van der Waals surface area contributed by atoms with Gasteiger partial charge in [-0.1, -0.05) is 41.4 Å². The first kappa shape index (κ1) is 14.8. The van der Waals surface area contributed by atoms with E-state index in [1.165, 1.54) is 6.07 Å². The van der Waals surface area contributed by atoms with E-state index in [0.29, 0.717) is 6.54 Å². The van der Waals surface area contributed by atoms with Gasteiger partial charge in [0, 0.05) is 12.2 Å². The van der Waals surface area contributed by atoms with E-state index in [4.69, 9.17) is 23.2 Å². The SMILES string of the molecule is CCN(C(=O)c1cc(Cl)nnc1Cl)c1ccccc1C. The fraction of sp³-hybridized carbons (Fsp3) is 0.214. The fourth-order valence-electron chi connectivity index (χ4n) is 1.94. The zero-order chi connectivity index (χ0) is 14.7. The second kappa shape index (κ2) is 6.20. The van der Waals surface area contributed by atoms with Gasteiger partial charge < -0.3 is 4.90 Å². The van der Waals surface area contributed by atoms with Crippen LogP contribution in [0.2, 0.25) is 10.3 Å². The van der Waals surface area contributed by atoms with Crippen molar-refractivity contribution < 1.29 is 4.79 Å². The molecule has 0 aliphatic rings. The zero-order valence-corrected chi connectivity index (χ0v) is 12.6. The van der Waals surface area contributed by atoms with Crippen LogP contribution in [0.4, 0.5) is 5.69 Å². The predicted octanol–water partition coefficient (Wildman–Crippen LogP) is 3.76. The lowest BCUT2D eigenvalue weighted by molar-refractivity contribution is 0.0988. The molecule has 0 fully saturated rings. The summed E-state index contributed by atoms with van der Waals surface area (Å²) in [7, 11) is 0. The van der Waals surface area contributed by atoms with Gasteiger partial charge in [-0.05, 0) is 31.5 Å². The molecule has 0 spiro atoms. The second-order valence-corrected chi connectivity index (χ2v) is 4.95. The summed E-state index contributed by atoms with van der Waals surface area (Å²) >= 11 is 11.7. The van der Waals surface area contributed by atoms with E-state index >= 15 is 0 Å². The summed E-state index contributed by atoms with van der Waals surface area (Å²) in [5.74, 6) is -0.247. The summed E-state index contributed by atoms with van der Waals surface area (Å²) in [5.41, 5.74) is 2.09. The van der Waals surface area contributed by atoms with Gasteiger partial charge in [-0.3, -0.25) is 4.79 Å². The Labute approximate surface area is 127 Å². The molecule has 0 radical (unpaired) electrons. The number of para-hydroxylation sites is 1. The molecule has 20 heavy (non-hydrogen) atoms. The number of anilines is 1. The maximum Gasteiger partial charge on any atom is 0.261 e. The number of carbonyl (C=O) groups excluding carboxylic acids is 1. The molecule has 2 rings (SSSR count). The van der Waals surface area contributed by atoms with Crippen LogP contribution in [-0.2, 0) is 0 Å². The van der Waals surface area contributed by atoms with Crippen LogP contribution in [0.5, 0.6) is 0 Å². The lowest BCUT2D eigenvalue weighted by atomic mass is 10.1. The molecular formula is C14H13Cl2N3O. The van der Waals surface area contributed by atoms with E-state index < -0.39 is 0 Å². The Morgan fingerprint density at radius 2 is 1.95 bits per heavy atom. The molecule has 1 aromatic heterocycles. The standard InChI is InChI=1S/C14H13Cl2N3O/c1-3-19(11-7-5-4-6-9(11)2)14(20)10-8-12(15)17-18-13(10)16/h4-8H,3H2,1-2H3. The van der Waals surface area contributed by atoms with Gasteiger partial charge in [0.2, 0.25) is 0 Å². The Kier molecular flexibility index (Phi) is 4.57. The Morgan fingerprint density at radius 1 is 1.25 bits per heavy atom. The Morgan fingerprint density at radius 3 is 2.60 bits per heavy atom. The molecule has 6 heteroatoms. The maximum atomic E-state index is 12.6. The second-order valence-electron chi connectivity index (χ2n) is 4.21. The molecule has 0 unspecified atom stereocenters. The molecule has 4 nitrogen and oxygen atoms in total. The molecule has 2 aromatic rings. The number of aryl methyl sites for hydroxylation is 1. The number of carbonyl (C=O) groups is 1. The van der Waals surface area contributed by atoms with Gasteiger partial charge >= 0.3 is 0 Å². The van der Waals surface area contributed by atoms with Crippen LogP contribution in [0.1, 0.15) is 22.8 Å². The third-order valence-electron chi connectivity index (χ3n) is 2.92. The van der Waals surface area contributed by atoms with Gasteiger partial charge in [0.15, 0.2) is 10.3 Å². The van der Waals surface area contributed by atoms with Crippen molar-refractivity contribution in [3.05, 3.63) is 51.8 Å². The summed E-state index contributed by atoms with van der Waals surface area (Å²) in [4.78, 5) is 14.3. The highest BCUT2D eigenvalue weighted by molar-refractivity contribution is 6.34. The molecule has 0 aliphatic heterocycles. The topological polar surface area (TPSA) is 46.1 Å². The summed E-state index contributed by atoms with van der Waals surface area (Å²) in [6.45, 7) is 4.36. The van der Waals surface area contributed by atoms with Crippen molar-refractivity contribution in [1.82, 2.24) is 10.2 Å². The quantitative estimate of drug-likeness (QED) is 0.867. The molecule has 1 aromatic carbocycles. The molecule has 0 bridgehead atoms. The number of hydrogen-bond acceptors (Lipinski definition) is 3. The van der Waals surface area contributed by atoms with Gasteiger partial charge in [0.1, 0.15) is 0 Å². The fourth-order valence-corrected chi connectivity index (χ4v) is 2.26. The van der Waals surface area contributed by atoms with E-state index in [2.05, 4.69) is 10.2 Å². The number of halogens is 2. The largest absolute Gasteiger partial charge is 0.308 e. The molecule has 0 aliphatic carbocycles. The van der Waals surface area contributed by atoms with Crippen molar-refractivity contribution in [2.45, 2.75) is 13.8 Å². The predicted molar refractivity (Wildman–Crippen MR) is 80.6 cm³/mol. The minimum absolute atomic E-state index is 0.0476.